The number of nitrogens with zero attached hydrogens (tertiary/aromatic N) is 1. The summed E-state index contributed by atoms with van der Waals surface area (Å²) in [7, 11) is 0. The summed E-state index contributed by atoms with van der Waals surface area (Å²) >= 11 is 5.88. The second kappa shape index (κ2) is 5.25. The van der Waals surface area contributed by atoms with Crippen molar-refractivity contribution in [3.63, 3.8) is 0 Å². The molecule has 0 saturated heterocycles. The first-order chi connectivity index (χ1) is 8.18. The molecule has 1 atom stereocenters. The van der Waals surface area contributed by atoms with Gasteiger partial charge >= 0.3 is 0 Å². The van der Waals surface area contributed by atoms with E-state index >= 15 is 0 Å². The van der Waals surface area contributed by atoms with E-state index in [0.717, 1.165) is 5.56 Å². The molecule has 0 aliphatic heterocycles. The van der Waals surface area contributed by atoms with E-state index in [1.807, 2.05) is 12.1 Å². The van der Waals surface area contributed by atoms with E-state index in [0.29, 0.717) is 12.0 Å². The summed E-state index contributed by atoms with van der Waals surface area (Å²) in [6.45, 7) is 0. The second-order valence-electron chi connectivity index (χ2n) is 3.81. The third kappa shape index (κ3) is 2.81. The number of aromatic nitrogens is 1. The molecule has 0 bridgehead atoms. The first-order valence-electron chi connectivity index (χ1n) is 5.27. The largest absolute Gasteiger partial charge is 0.324 e. The predicted molar refractivity (Wildman–Crippen MR) is 66.3 cm³/mol. The fourth-order valence-corrected chi connectivity index (χ4v) is 1.86. The lowest BCUT2D eigenvalue weighted by molar-refractivity contribution is 0.622. The number of nitrogens with two attached hydrogens (primary N) is 1. The number of pyridine rings is 1. The van der Waals surface area contributed by atoms with Gasteiger partial charge in [-0.3, -0.25) is 4.98 Å². The molecule has 0 aliphatic rings. The van der Waals surface area contributed by atoms with Crippen LogP contribution >= 0.6 is 11.6 Å². The van der Waals surface area contributed by atoms with Gasteiger partial charge in [0.15, 0.2) is 0 Å². The molecule has 88 valence electrons. The maximum atomic E-state index is 13.2. The zero-order valence-corrected chi connectivity index (χ0v) is 9.86. The van der Waals surface area contributed by atoms with Crippen LogP contribution in [0.3, 0.4) is 0 Å². The van der Waals surface area contributed by atoms with E-state index in [4.69, 9.17) is 17.3 Å². The maximum Gasteiger partial charge on any atom is 0.142 e. The molecule has 0 aliphatic carbocycles. The molecule has 17 heavy (non-hydrogen) atoms. The van der Waals surface area contributed by atoms with Crippen LogP contribution in [-0.4, -0.2) is 4.98 Å². The van der Waals surface area contributed by atoms with Crippen molar-refractivity contribution in [2.24, 2.45) is 5.73 Å². The summed E-state index contributed by atoms with van der Waals surface area (Å²) in [6, 6.07) is 8.23. The van der Waals surface area contributed by atoms with Gasteiger partial charge in [-0.1, -0.05) is 29.8 Å². The number of hydrogen-bond donors (Lipinski definition) is 1. The molecule has 0 amide bonds. The highest BCUT2D eigenvalue weighted by Gasteiger charge is 2.11. The van der Waals surface area contributed by atoms with E-state index in [9.17, 15) is 4.39 Å². The molecule has 0 fully saturated rings. The third-order valence-electron chi connectivity index (χ3n) is 2.58. The molecular weight excluding hydrogens is 239 g/mol. The summed E-state index contributed by atoms with van der Waals surface area (Å²) in [5, 5.41) is 0.145. The first kappa shape index (κ1) is 12.0. The standard InChI is InChI=1S/C13H12ClFN2/c14-13-9(3-1-5-11(13)15)7-12(16)10-4-2-6-17-8-10/h1-6,8,12H,7,16H2. The first-order valence-corrected chi connectivity index (χ1v) is 5.64. The number of hydrogen-bond acceptors (Lipinski definition) is 2. The average molecular weight is 251 g/mol. The van der Waals surface area contributed by atoms with E-state index < -0.39 is 5.82 Å². The van der Waals surface area contributed by atoms with E-state index in [1.54, 1.807) is 24.5 Å². The van der Waals surface area contributed by atoms with Crippen LogP contribution in [0.1, 0.15) is 17.2 Å². The van der Waals surface area contributed by atoms with Gasteiger partial charge in [0, 0.05) is 18.4 Å². The molecule has 4 heteroatoms. The highest BCUT2D eigenvalue weighted by atomic mass is 35.5. The van der Waals surface area contributed by atoms with Gasteiger partial charge < -0.3 is 5.73 Å². The monoisotopic (exact) mass is 250 g/mol. The van der Waals surface area contributed by atoms with Gasteiger partial charge in [0.25, 0.3) is 0 Å². The van der Waals surface area contributed by atoms with Gasteiger partial charge in [0.05, 0.1) is 5.02 Å². The highest BCUT2D eigenvalue weighted by Crippen LogP contribution is 2.24. The molecule has 0 radical (unpaired) electrons. The van der Waals surface area contributed by atoms with Crippen LogP contribution in [0.5, 0.6) is 0 Å². The Labute approximate surface area is 104 Å². The Morgan fingerprint density at radius 3 is 2.82 bits per heavy atom. The minimum absolute atomic E-state index is 0.145. The molecule has 1 heterocycles. The molecule has 2 rings (SSSR count). The van der Waals surface area contributed by atoms with Crippen molar-refractivity contribution in [2.45, 2.75) is 12.5 Å². The van der Waals surface area contributed by atoms with Crippen molar-refractivity contribution in [2.75, 3.05) is 0 Å². The van der Waals surface area contributed by atoms with Crippen LogP contribution in [0.25, 0.3) is 0 Å². The molecular formula is C13H12ClFN2. The fraction of sp³-hybridized carbons (Fsp3) is 0.154. The van der Waals surface area contributed by atoms with Gasteiger partial charge in [-0.2, -0.15) is 0 Å². The summed E-state index contributed by atoms with van der Waals surface area (Å²) in [5.74, 6) is -0.414. The van der Waals surface area contributed by atoms with Crippen LogP contribution in [-0.2, 0) is 6.42 Å². The fourth-order valence-electron chi connectivity index (χ4n) is 1.66. The van der Waals surface area contributed by atoms with Crippen molar-refractivity contribution < 1.29 is 4.39 Å². The number of rotatable bonds is 3. The summed E-state index contributed by atoms with van der Waals surface area (Å²) in [6.07, 6.45) is 3.88. The minimum atomic E-state index is -0.414. The van der Waals surface area contributed by atoms with Crippen molar-refractivity contribution >= 4 is 11.6 Å². The topological polar surface area (TPSA) is 38.9 Å². The van der Waals surface area contributed by atoms with Crippen LogP contribution in [0.2, 0.25) is 5.02 Å². The molecule has 2 N–H and O–H groups in total. The van der Waals surface area contributed by atoms with Gasteiger partial charge in [0.2, 0.25) is 0 Å². The van der Waals surface area contributed by atoms with Gasteiger partial charge in [-0.25, -0.2) is 4.39 Å². The van der Waals surface area contributed by atoms with Crippen molar-refractivity contribution in [3.05, 3.63) is 64.7 Å². The van der Waals surface area contributed by atoms with Gasteiger partial charge in [-0.05, 0) is 29.7 Å². The van der Waals surface area contributed by atoms with Crippen LogP contribution in [0, 0.1) is 5.82 Å². The Balaban J connectivity index is 2.19. The maximum absolute atomic E-state index is 13.2. The van der Waals surface area contributed by atoms with Crippen molar-refractivity contribution in [1.82, 2.24) is 4.98 Å². The van der Waals surface area contributed by atoms with Gasteiger partial charge in [0.1, 0.15) is 5.82 Å². The van der Waals surface area contributed by atoms with E-state index in [-0.39, 0.29) is 11.1 Å². The smallest absolute Gasteiger partial charge is 0.142 e. The van der Waals surface area contributed by atoms with E-state index in [2.05, 4.69) is 4.98 Å². The molecule has 1 unspecified atom stereocenters. The predicted octanol–water partition coefficient (Wildman–Crippen LogP) is 3.12. The Hall–Kier alpha value is -1.45. The molecule has 0 spiro atoms. The van der Waals surface area contributed by atoms with Crippen LogP contribution in [0.4, 0.5) is 4.39 Å². The number of halogens is 2. The van der Waals surface area contributed by atoms with Crippen LogP contribution in [0.15, 0.2) is 42.7 Å². The second-order valence-corrected chi connectivity index (χ2v) is 4.19. The van der Waals surface area contributed by atoms with Crippen LogP contribution < -0.4 is 5.73 Å². The van der Waals surface area contributed by atoms with Crippen molar-refractivity contribution in [3.8, 4) is 0 Å². The van der Waals surface area contributed by atoms with Crippen molar-refractivity contribution in [1.29, 1.82) is 0 Å². The Morgan fingerprint density at radius 1 is 1.29 bits per heavy atom. The Kier molecular flexibility index (Phi) is 3.71. The molecule has 0 saturated carbocycles. The normalized spacial score (nSPS) is 12.4. The van der Waals surface area contributed by atoms with Gasteiger partial charge in [-0.15, -0.1) is 0 Å². The Bertz CT molecular complexity index is 502. The summed E-state index contributed by atoms with van der Waals surface area (Å²) < 4.78 is 13.2. The average Bonchev–Trinajstić information content (AvgIpc) is 2.36. The molecule has 2 aromatic rings. The third-order valence-corrected chi connectivity index (χ3v) is 3.01. The highest BCUT2D eigenvalue weighted by molar-refractivity contribution is 6.31. The lowest BCUT2D eigenvalue weighted by Crippen LogP contribution is -2.13. The molecule has 2 nitrogen and oxygen atoms in total. The minimum Gasteiger partial charge on any atom is -0.324 e. The Morgan fingerprint density at radius 2 is 2.12 bits per heavy atom. The molecule has 1 aromatic carbocycles. The zero-order valence-electron chi connectivity index (χ0n) is 9.11. The number of benzene rings is 1. The quantitative estimate of drug-likeness (QED) is 0.909. The SMILES string of the molecule is NC(Cc1cccc(F)c1Cl)c1cccnc1. The zero-order chi connectivity index (χ0) is 12.3. The molecule has 1 aromatic heterocycles. The summed E-state index contributed by atoms with van der Waals surface area (Å²) in [5.41, 5.74) is 7.65. The van der Waals surface area contributed by atoms with E-state index in [1.165, 1.54) is 6.07 Å². The summed E-state index contributed by atoms with van der Waals surface area (Å²) in [4.78, 5) is 4.00. The lowest BCUT2D eigenvalue weighted by Gasteiger charge is -2.12. The lowest BCUT2D eigenvalue weighted by atomic mass is 10.0.